The number of fused-ring (bicyclic) bond motifs is 1. The maximum absolute atomic E-state index is 10.9. The first-order valence-electron chi connectivity index (χ1n) is 5.85. The highest BCUT2D eigenvalue weighted by Crippen LogP contribution is 2.52. The molecule has 2 unspecified atom stereocenters. The number of carboxylic acids is 1. The monoisotopic (exact) mass is 251 g/mol. The zero-order valence-electron chi connectivity index (χ0n) is 9.34. The van der Waals surface area contributed by atoms with Gasteiger partial charge in [0, 0.05) is 24.7 Å². The smallest absolute Gasteiger partial charge is 0.307 e. The van der Waals surface area contributed by atoms with Crippen molar-refractivity contribution >= 4 is 17.6 Å². The van der Waals surface area contributed by atoms with Crippen LogP contribution in [0, 0.1) is 17.8 Å². The third-order valence-electron chi connectivity index (χ3n) is 3.91. The number of piperidine rings is 1. The minimum absolute atomic E-state index is 0.0857. The van der Waals surface area contributed by atoms with Crippen LogP contribution in [0.25, 0.3) is 0 Å². The van der Waals surface area contributed by atoms with E-state index < -0.39 is 5.97 Å². The molecular weight excluding hydrogens is 238 g/mol. The predicted octanol–water partition coefficient (Wildman–Crippen LogP) is 2.10. The van der Waals surface area contributed by atoms with Gasteiger partial charge in [0.1, 0.15) is 0 Å². The summed E-state index contributed by atoms with van der Waals surface area (Å²) in [5.41, 5.74) is 1.13. The van der Waals surface area contributed by atoms with Gasteiger partial charge >= 0.3 is 5.97 Å². The van der Waals surface area contributed by atoms with Crippen molar-refractivity contribution in [3.63, 3.8) is 0 Å². The van der Waals surface area contributed by atoms with Crippen molar-refractivity contribution in [3.05, 3.63) is 34.9 Å². The minimum Gasteiger partial charge on any atom is -0.481 e. The molecule has 2 aliphatic rings. The molecule has 0 spiro atoms. The highest BCUT2D eigenvalue weighted by Gasteiger charge is 2.59. The van der Waals surface area contributed by atoms with Crippen molar-refractivity contribution in [2.75, 3.05) is 13.1 Å². The van der Waals surface area contributed by atoms with Gasteiger partial charge in [-0.25, -0.2) is 0 Å². The van der Waals surface area contributed by atoms with Crippen LogP contribution in [0.4, 0.5) is 0 Å². The summed E-state index contributed by atoms with van der Waals surface area (Å²) < 4.78 is 0. The zero-order chi connectivity index (χ0) is 12.0. The summed E-state index contributed by atoms with van der Waals surface area (Å²) in [4.78, 5) is 13.2. The summed E-state index contributed by atoms with van der Waals surface area (Å²) in [5.74, 6) is 0.0277. The normalized spacial score (nSPS) is 31.2. The van der Waals surface area contributed by atoms with Gasteiger partial charge in [0.25, 0.3) is 0 Å². The van der Waals surface area contributed by atoms with Crippen LogP contribution < -0.4 is 0 Å². The van der Waals surface area contributed by atoms with E-state index in [1.165, 1.54) is 0 Å². The summed E-state index contributed by atoms with van der Waals surface area (Å²) >= 11 is 6.11. The molecule has 1 N–H and O–H groups in total. The fraction of sp³-hybridized carbons (Fsp3) is 0.462. The van der Waals surface area contributed by atoms with Gasteiger partial charge in [-0.3, -0.25) is 9.69 Å². The number of rotatable bonds is 3. The van der Waals surface area contributed by atoms with Crippen molar-refractivity contribution < 1.29 is 9.90 Å². The number of nitrogens with zero attached hydrogens (tertiary/aromatic N) is 1. The van der Waals surface area contributed by atoms with Gasteiger partial charge in [-0.05, 0) is 23.5 Å². The molecule has 1 saturated heterocycles. The van der Waals surface area contributed by atoms with E-state index in [9.17, 15) is 4.79 Å². The molecule has 90 valence electrons. The lowest BCUT2D eigenvalue weighted by atomic mass is 10.2. The van der Waals surface area contributed by atoms with Gasteiger partial charge in [-0.15, -0.1) is 0 Å². The molecule has 1 aliphatic carbocycles. The Morgan fingerprint density at radius 3 is 2.59 bits per heavy atom. The average molecular weight is 252 g/mol. The van der Waals surface area contributed by atoms with Crippen LogP contribution >= 0.6 is 11.6 Å². The van der Waals surface area contributed by atoms with E-state index >= 15 is 0 Å². The van der Waals surface area contributed by atoms with Crippen LogP contribution in [-0.4, -0.2) is 29.1 Å². The molecule has 0 radical (unpaired) electrons. The second-order valence-corrected chi connectivity index (χ2v) is 5.38. The van der Waals surface area contributed by atoms with Crippen molar-refractivity contribution in [2.24, 2.45) is 17.8 Å². The summed E-state index contributed by atoms with van der Waals surface area (Å²) in [6, 6.07) is 7.83. The Balaban J connectivity index is 1.61. The molecule has 1 aromatic carbocycles. The van der Waals surface area contributed by atoms with Crippen LogP contribution in [-0.2, 0) is 11.3 Å². The van der Waals surface area contributed by atoms with Crippen LogP contribution in [0.3, 0.4) is 0 Å². The second-order valence-electron chi connectivity index (χ2n) is 4.98. The average Bonchev–Trinajstić information content (AvgIpc) is 2.81. The number of benzene rings is 1. The number of halogens is 1. The number of carboxylic acid groups (broad SMARTS) is 1. The van der Waals surface area contributed by atoms with Crippen molar-refractivity contribution in [3.8, 4) is 0 Å². The molecule has 2 atom stereocenters. The topological polar surface area (TPSA) is 40.5 Å². The van der Waals surface area contributed by atoms with Gasteiger partial charge < -0.3 is 5.11 Å². The van der Waals surface area contributed by atoms with Crippen molar-refractivity contribution in [1.29, 1.82) is 0 Å². The molecule has 1 aliphatic heterocycles. The van der Waals surface area contributed by atoms with E-state index in [0.29, 0.717) is 11.8 Å². The Morgan fingerprint density at radius 1 is 1.35 bits per heavy atom. The number of carbonyl (C=O) groups is 1. The van der Waals surface area contributed by atoms with Crippen molar-refractivity contribution in [1.82, 2.24) is 4.90 Å². The fourth-order valence-corrected chi connectivity index (χ4v) is 3.17. The standard InChI is InChI=1S/C13H14ClNO2/c14-11-4-2-1-3-8(11)5-15-6-9-10(7-15)12(9)13(16)17/h1-4,9-10,12H,5-7H2,(H,16,17). The molecule has 3 rings (SSSR count). The lowest BCUT2D eigenvalue weighted by molar-refractivity contribution is -0.139. The third-order valence-corrected chi connectivity index (χ3v) is 4.28. The quantitative estimate of drug-likeness (QED) is 0.895. The maximum Gasteiger partial charge on any atom is 0.307 e. The molecule has 0 amide bonds. The summed E-state index contributed by atoms with van der Waals surface area (Å²) in [6.45, 7) is 2.62. The van der Waals surface area contributed by atoms with Gasteiger partial charge in [0.2, 0.25) is 0 Å². The van der Waals surface area contributed by atoms with Gasteiger partial charge in [-0.2, -0.15) is 0 Å². The fourth-order valence-electron chi connectivity index (χ4n) is 2.98. The van der Waals surface area contributed by atoms with Gasteiger partial charge in [0.05, 0.1) is 5.92 Å². The first-order chi connectivity index (χ1) is 8.16. The summed E-state index contributed by atoms with van der Waals surface area (Å²) in [7, 11) is 0. The minimum atomic E-state index is -0.627. The third kappa shape index (κ3) is 1.94. The van der Waals surface area contributed by atoms with E-state index in [1.54, 1.807) is 0 Å². The number of hydrogen-bond acceptors (Lipinski definition) is 2. The molecule has 0 bridgehead atoms. The molecule has 1 aromatic rings. The Kier molecular flexibility index (Phi) is 2.60. The lowest BCUT2D eigenvalue weighted by Crippen LogP contribution is -2.25. The number of hydrogen-bond donors (Lipinski definition) is 1. The van der Waals surface area contributed by atoms with E-state index in [-0.39, 0.29) is 5.92 Å². The molecule has 2 fully saturated rings. The molecule has 4 heteroatoms. The van der Waals surface area contributed by atoms with E-state index in [4.69, 9.17) is 16.7 Å². The Morgan fingerprint density at radius 2 is 2.00 bits per heavy atom. The summed E-state index contributed by atoms with van der Waals surface area (Å²) in [5, 5.41) is 9.73. The zero-order valence-corrected chi connectivity index (χ0v) is 10.1. The Hall–Kier alpha value is -1.06. The van der Waals surface area contributed by atoms with E-state index in [1.807, 2.05) is 24.3 Å². The van der Waals surface area contributed by atoms with Crippen LogP contribution in [0.2, 0.25) is 5.02 Å². The first kappa shape index (κ1) is 11.1. The maximum atomic E-state index is 10.9. The molecule has 1 saturated carbocycles. The Labute approximate surface area is 105 Å². The van der Waals surface area contributed by atoms with Crippen LogP contribution in [0.5, 0.6) is 0 Å². The molecule has 17 heavy (non-hydrogen) atoms. The van der Waals surface area contributed by atoms with E-state index in [0.717, 1.165) is 30.2 Å². The molecule has 0 aromatic heterocycles. The van der Waals surface area contributed by atoms with Gasteiger partial charge in [0.15, 0.2) is 0 Å². The predicted molar refractivity (Wildman–Crippen MR) is 64.8 cm³/mol. The largest absolute Gasteiger partial charge is 0.481 e. The van der Waals surface area contributed by atoms with E-state index in [2.05, 4.69) is 4.90 Å². The Bertz CT molecular complexity index is 450. The molecular formula is C13H14ClNO2. The summed E-state index contributed by atoms with van der Waals surface area (Å²) in [6.07, 6.45) is 0. The SMILES string of the molecule is O=C(O)C1C2CN(Cc3ccccc3Cl)CC21. The number of aliphatic carboxylic acids is 1. The molecule has 1 heterocycles. The van der Waals surface area contributed by atoms with Crippen LogP contribution in [0.15, 0.2) is 24.3 Å². The van der Waals surface area contributed by atoms with Crippen LogP contribution in [0.1, 0.15) is 5.56 Å². The van der Waals surface area contributed by atoms with Gasteiger partial charge in [-0.1, -0.05) is 29.8 Å². The molecule has 3 nitrogen and oxygen atoms in total. The lowest BCUT2D eigenvalue weighted by Gasteiger charge is -2.19. The highest BCUT2D eigenvalue weighted by atomic mass is 35.5. The van der Waals surface area contributed by atoms with Crippen molar-refractivity contribution in [2.45, 2.75) is 6.54 Å². The first-order valence-corrected chi connectivity index (χ1v) is 6.23. The number of likely N-dealkylation sites (tertiary alicyclic amines) is 1. The second kappa shape index (κ2) is 4.00. The highest BCUT2D eigenvalue weighted by molar-refractivity contribution is 6.31.